The molecule has 0 saturated carbocycles. The van der Waals surface area contributed by atoms with Crippen molar-refractivity contribution < 1.29 is 14.2 Å². The van der Waals surface area contributed by atoms with Crippen LogP contribution in [-0.4, -0.2) is 42.4 Å². The Morgan fingerprint density at radius 1 is 1.16 bits per heavy atom. The molecule has 0 spiro atoms. The Bertz CT molecular complexity index is 378. The third-order valence-corrected chi connectivity index (χ3v) is 3.44. The van der Waals surface area contributed by atoms with Crippen LogP contribution in [0, 0.1) is 5.82 Å². The van der Waals surface area contributed by atoms with Crippen LogP contribution in [0.5, 0.6) is 5.75 Å². The van der Waals surface area contributed by atoms with Crippen molar-refractivity contribution in [2.24, 2.45) is 0 Å². The first-order valence-corrected chi connectivity index (χ1v) is 7.03. The molecule has 1 aromatic carbocycles. The lowest BCUT2D eigenvalue weighted by Crippen LogP contribution is -2.36. The molecule has 2 rings (SSSR count). The SMILES string of the molecule is O[C@H](COc1ccccc1F)CN1CCCCCC1. The largest absolute Gasteiger partial charge is 0.488 e. The summed E-state index contributed by atoms with van der Waals surface area (Å²) in [5.41, 5.74) is 0. The molecule has 0 aliphatic carbocycles. The summed E-state index contributed by atoms with van der Waals surface area (Å²) in [5, 5.41) is 9.96. The van der Waals surface area contributed by atoms with E-state index < -0.39 is 6.10 Å². The number of ether oxygens (including phenoxy) is 1. The fourth-order valence-electron chi connectivity index (χ4n) is 2.42. The third-order valence-electron chi connectivity index (χ3n) is 3.44. The average molecular weight is 267 g/mol. The lowest BCUT2D eigenvalue weighted by molar-refractivity contribution is 0.0679. The maximum absolute atomic E-state index is 13.3. The van der Waals surface area contributed by atoms with Gasteiger partial charge in [-0.05, 0) is 38.1 Å². The van der Waals surface area contributed by atoms with Crippen molar-refractivity contribution in [3.8, 4) is 5.75 Å². The van der Waals surface area contributed by atoms with Crippen molar-refractivity contribution in [3.63, 3.8) is 0 Å². The first-order chi connectivity index (χ1) is 9.25. The highest BCUT2D eigenvalue weighted by Crippen LogP contribution is 2.16. The van der Waals surface area contributed by atoms with Crippen molar-refractivity contribution in [2.75, 3.05) is 26.2 Å². The van der Waals surface area contributed by atoms with Crippen LogP contribution in [0.1, 0.15) is 25.7 Å². The molecule has 19 heavy (non-hydrogen) atoms. The van der Waals surface area contributed by atoms with Crippen LogP contribution in [0.25, 0.3) is 0 Å². The molecule has 0 bridgehead atoms. The molecular weight excluding hydrogens is 245 g/mol. The van der Waals surface area contributed by atoms with Crippen molar-refractivity contribution in [2.45, 2.75) is 31.8 Å². The Kier molecular flexibility index (Phi) is 5.61. The smallest absolute Gasteiger partial charge is 0.165 e. The first-order valence-electron chi connectivity index (χ1n) is 7.03. The van der Waals surface area contributed by atoms with Gasteiger partial charge in [0.2, 0.25) is 0 Å². The van der Waals surface area contributed by atoms with Crippen LogP contribution in [0.15, 0.2) is 24.3 Å². The van der Waals surface area contributed by atoms with Crippen LogP contribution in [0.2, 0.25) is 0 Å². The monoisotopic (exact) mass is 267 g/mol. The van der Waals surface area contributed by atoms with E-state index in [0.717, 1.165) is 13.1 Å². The van der Waals surface area contributed by atoms with Crippen molar-refractivity contribution >= 4 is 0 Å². The summed E-state index contributed by atoms with van der Waals surface area (Å²) in [6.45, 7) is 2.82. The number of rotatable bonds is 5. The summed E-state index contributed by atoms with van der Waals surface area (Å²) in [6.07, 6.45) is 4.37. The second kappa shape index (κ2) is 7.46. The molecule has 1 aliphatic heterocycles. The van der Waals surface area contributed by atoms with E-state index in [-0.39, 0.29) is 18.2 Å². The minimum absolute atomic E-state index is 0.136. The predicted octanol–water partition coefficient (Wildman–Crippen LogP) is 2.44. The lowest BCUT2D eigenvalue weighted by Gasteiger charge is -2.23. The van der Waals surface area contributed by atoms with Gasteiger partial charge in [-0.25, -0.2) is 4.39 Å². The van der Waals surface area contributed by atoms with E-state index in [9.17, 15) is 9.50 Å². The van der Waals surface area contributed by atoms with E-state index in [2.05, 4.69) is 4.90 Å². The molecule has 0 unspecified atom stereocenters. The second-order valence-corrected chi connectivity index (χ2v) is 5.11. The maximum Gasteiger partial charge on any atom is 0.165 e. The summed E-state index contributed by atoms with van der Waals surface area (Å²) in [6, 6.07) is 6.28. The molecule has 1 saturated heterocycles. The molecule has 1 N–H and O–H groups in total. The van der Waals surface area contributed by atoms with Gasteiger partial charge in [-0.2, -0.15) is 0 Å². The number of halogens is 1. The summed E-state index contributed by atoms with van der Waals surface area (Å²) < 4.78 is 18.7. The highest BCUT2D eigenvalue weighted by atomic mass is 19.1. The second-order valence-electron chi connectivity index (χ2n) is 5.11. The van der Waals surface area contributed by atoms with Gasteiger partial charge in [0.1, 0.15) is 12.7 Å². The van der Waals surface area contributed by atoms with E-state index in [1.807, 2.05) is 0 Å². The van der Waals surface area contributed by atoms with Gasteiger partial charge in [-0.1, -0.05) is 25.0 Å². The molecule has 4 heteroatoms. The van der Waals surface area contributed by atoms with Gasteiger partial charge in [0.25, 0.3) is 0 Å². The standard InChI is InChI=1S/C15H22FNO2/c16-14-7-3-4-8-15(14)19-12-13(18)11-17-9-5-1-2-6-10-17/h3-4,7-8,13,18H,1-2,5-6,9-12H2/t13-/m0/s1. The number of aliphatic hydroxyl groups is 1. The zero-order valence-corrected chi connectivity index (χ0v) is 11.2. The first kappa shape index (κ1) is 14.3. The number of nitrogens with zero attached hydrogens (tertiary/aromatic N) is 1. The van der Waals surface area contributed by atoms with Crippen molar-refractivity contribution in [1.29, 1.82) is 0 Å². The summed E-state index contributed by atoms with van der Waals surface area (Å²) in [4.78, 5) is 2.27. The van der Waals surface area contributed by atoms with Crippen molar-refractivity contribution in [3.05, 3.63) is 30.1 Å². The van der Waals surface area contributed by atoms with E-state index in [4.69, 9.17) is 4.74 Å². The van der Waals surface area contributed by atoms with E-state index in [1.165, 1.54) is 31.7 Å². The molecule has 0 radical (unpaired) electrons. The number of hydrogen-bond acceptors (Lipinski definition) is 3. The molecule has 1 aliphatic rings. The number of β-amino-alcohol motifs (C(OH)–C–C–N with tert-alkyl or cyclic N) is 1. The Balaban J connectivity index is 1.74. The highest BCUT2D eigenvalue weighted by molar-refractivity contribution is 5.23. The number of likely N-dealkylation sites (tertiary alicyclic amines) is 1. The molecule has 1 heterocycles. The Labute approximate surface area is 114 Å². The van der Waals surface area contributed by atoms with E-state index in [1.54, 1.807) is 18.2 Å². The topological polar surface area (TPSA) is 32.7 Å². The van der Waals surface area contributed by atoms with Gasteiger partial charge in [0.05, 0.1) is 0 Å². The van der Waals surface area contributed by atoms with Crippen LogP contribution in [0.4, 0.5) is 4.39 Å². The maximum atomic E-state index is 13.3. The minimum Gasteiger partial charge on any atom is -0.488 e. The quantitative estimate of drug-likeness (QED) is 0.889. The molecule has 1 atom stereocenters. The predicted molar refractivity (Wildman–Crippen MR) is 72.8 cm³/mol. The van der Waals surface area contributed by atoms with Gasteiger partial charge in [-0.15, -0.1) is 0 Å². The zero-order valence-electron chi connectivity index (χ0n) is 11.2. The van der Waals surface area contributed by atoms with E-state index >= 15 is 0 Å². The molecule has 106 valence electrons. The molecule has 1 fully saturated rings. The highest BCUT2D eigenvalue weighted by Gasteiger charge is 2.14. The Morgan fingerprint density at radius 2 is 1.84 bits per heavy atom. The molecule has 3 nitrogen and oxygen atoms in total. The lowest BCUT2D eigenvalue weighted by atomic mass is 10.2. The molecule has 1 aromatic rings. The van der Waals surface area contributed by atoms with Gasteiger partial charge in [-0.3, -0.25) is 0 Å². The minimum atomic E-state index is -0.572. The molecule has 0 amide bonds. The van der Waals surface area contributed by atoms with E-state index in [0.29, 0.717) is 6.54 Å². The van der Waals surface area contributed by atoms with Crippen LogP contribution in [-0.2, 0) is 0 Å². The fraction of sp³-hybridized carbons (Fsp3) is 0.600. The molecule has 0 aromatic heterocycles. The summed E-state index contributed by atoms with van der Waals surface area (Å²) in [5.74, 6) is -0.179. The van der Waals surface area contributed by atoms with Crippen LogP contribution >= 0.6 is 0 Å². The van der Waals surface area contributed by atoms with Crippen LogP contribution < -0.4 is 4.74 Å². The van der Waals surface area contributed by atoms with Crippen LogP contribution in [0.3, 0.4) is 0 Å². The third kappa shape index (κ3) is 4.80. The Hall–Kier alpha value is -1.13. The average Bonchev–Trinajstić information content (AvgIpc) is 2.66. The number of aliphatic hydroxyl groups excluding tert-OH is 1. The zero-order chi connectivity index (χ0) is 13.5. The fourth-order valence-corrected chi connectivity index (χ4v) is 2.42. The van der Waals surface area contributed by atoms with Gasteiger partial charge in [0, 0.05) is 6.54 Å². The Morgan fingerprint density at radius 3 is 2.53 bits per heavy atom. The molecular formula is C15H22FNO2. The number of para-hydroxylation sites is 1. The number of benzene rings is 1. The van der Waals surface area contributed by atoms with Crippen molar-refractivity contribution in [1.82, 2.24) is 4.90 Å². The normalized spacial score (nSPS) is 18.8. The summed E-state index contributed by atoms with van der Waals surface area (Å²) in [7, 11) is 0. The number of hydrogen-bond donors (Lipinski definition) is 1. The van der Waals surface area contributed by atoms with Gasteiger partial charge < -0.3 is 14.7 Å². The van der Waals surface area contributed by atoms with Gasteiger partial charge in [0.15, 0.2) is 11.6 Å². The van der Waals surface area contributed by atoms with Gasteiger partial charge >= 0.3 is 0 Å². The summed E-state index contributed by atoms with van der Waals surface area (Å²) >= 11 is 0.